The first-order chi connectivity index (χ1) is 21.4. The van der Waals surface area contributed by atoms with Crippen LogP contribution in [-0.4, -0.2) is 125 Å². The lowest BCUT2D eigenvalue weighted by molar-refractivity contribution is -0.169. The van der Waals surface area contributed by atoms with Gasteiger partial charge in [-0.1, -0.05) is 64.7 Å². The van der Waals surface area contributed by atoms with Gasteiger partial charge in [-0.15, -0.1) is 0 Å². The SMILES string of the molecule is CCCCCCCCCCCCOCCOCCOCCOCCOCCOCCOCCOCCOC1CCCCO1. The van der Waals surface area contributed by atoms with E-state index in [9.17, 15) is 0 Å². The quantitative estimate of drug-likeness (QED) is 0.0825. The Morgan fingerprint density at radius 1 is 0.395 bits per heavy atom. The average Bonchev–Trinajstić information content (AvgIpc) is 3.03. The second kappa shape index (κ2) is 36.1. The fourth-order valence-corrected chi connectivity index (χ4v) is 4.41. The molecule has 0 aliphatic carbocycles. The van der Waals surface area contributed by atoms with Crippen LogP contribution in [-0.2, 0) is 47.4 Å². The summed E-state index contributed by atoms with van der Waals surface area (Å²) in [5.74, 6) is 0. The Kier molecular flexibility index (Phi) is 34.1. The van der Waals surface area contributed by atoms with Crippen molar-refractivity contribution in [1.29, 1.82) is 0 Å². The van der Waals surface area contributed by atoms with Gasteiger partial charge in [0.1, 0.15) is 0 Å². The van der Waals surface area contributed by atoms with Gasteiger partial charge in [-0.2, -0.15) is 0 Å². The van der Waals surface area contributed by atoms with E-state index < -0.39 is 0 Å². The molecule has 1 unspecified atom stereocenters. The molecule has 10 heteroatoms. The Bertz CT molecular complexity index is 508. The van der Waals surface area contributed by atoms with Gasteiger partial charge in [0.05, 0.1) is 106 Å². The molecule has 0 spiro atoms. The van der Waals surface area contributed by atoms with E-state index in [2.05, 4.69) is 6.92 Å². The standard InChI is InChI=1S/C33H66O10/c1-2-3-4-5-6-7-8-9-10-12-15-34-17-18-35-19-20-36-21-22-37-23-24-38-25-26-39-27-28-40-29-30-41-31-32-43-33-14-11-13-16-42-33/h33H,2-32H2,1H3. The molecule has 0 amide bonds. The molecule has 10 nitrogen and oxygen atoms in total. The molecule has 43 heavy (non-hydrogen) atoms. The predicted octanol–water partition coefficient (Wildman–Crippen LogP) is 5.58. The summed E-state index contributed by atoms with van der Waals surface area (Å²) in [5.41, 5.74) is 0. The Morgan fingerprint density at radius 2 is 0.744 bits per heavy atom. The first kappa shape index (κ1) is 40.6. The van der Waals surface area contributed by atoms with Gasteiger partial charge in [0.25, 0.3) is 0 Å². The highest BCUT2D eigenvalue weighted by Gasteiger charge is 2.13. The zero-order chi connectivity index (χ0) is 30.6. The van der Waals surface area contributed by atoms with Crippen molar-refractivity contribution in [2.24, 2.45) is 0 Å². The van der Waals surface area contributed by atoms with Crippen molar-refractivity contribution in [3.05, 3.63) is 0 Å². The highest BCUT2D eigenvalue weighted by molar-refractivity contribution is 4.53. The molecule has 0 aromatic heterocycles. The van der Waals surface area contributed by atoms with Crippen LogP contribution in [0.25, 0.3) is 0 Å². The minimum absolute atomic E-state index is 0.0576. The Labute approximate surface area is 263 Å². The van der Waals surface area contributed by atoms with Crippen LogP contribution in [0.1, 0.15) is 90.4 Å². The molecule has 1 aliphatic heterocycles. The highest BCUT2D eigenvalue weighted by atomic mass is 16.7. The molecule has 1 atom stereocenters. The summed E-state index contributed by atoms with van der Waals surface area (Å²) in [6.07, 6.45) is 16.7. The van der Waals surface area contributed by atoms with Crippen molar-refractivity contribution >= 4 is 0 Å². The number of ether oxygens (including phenoxy) is 10. The topological polar surface area (TPSA) is 92.3 Å². The highest BCUT2D eigenvalue weighted by Crippen LogP contribution is 2.13. The van der Waals surface area contributed by atoms with Gasteiger partial charge in [-0.05, 0) is 25.7 Å². The number of hydrogen-bond acceptors (Lipinski definition) is 10. The lowest BCUT2D eigenvalue weighted by Crippen LogP contribution is -2.24. The van der Waals surface area contributed by atoms with E-state index in [1.54, 1.807) is 0 Å². The van der Waals surface area contributed by atoms with Gasteiger partial charge < -0.3 is 47.4 Å². The molecule has 0 aromatic carbocycles. The van der Waals surface area contributed by atoms with E-state index >= 15 is 0 Å². The summed E-state index contributed by atoms with van der Waals surface area (Å²) in [5, 5.41) is 0. The number of hydrogen-bond donors (Lipinski definition) is 0. The van der Waals surface area contributed by atoms with E-state index in [1.165, 1.54) is 64.2 Å². The normalized spacial score (nSPS) is 15.4. The van der Waals surface area contributed by atoms with Crippen LogP contribution >= 0.6 is 0 Å². The van der Waals surface area contributed by atoms with Gasteiger partial charge in [-0.3, -0.25) is 0 Å². The van der Waals surface area contributed by atoms with Crippen molar-refractivity contribution < 1.29 is 47.4 Å². The van der Waals surface area contributed by atoms with Gasteiger partial charge >= 0.3 is 0 Å². The monoisotopic (exact) mass is 622 g/mol. The lowest BCUT2D eigenvalue weighted by atomic mass is 10.1. The van der Waals surface area contributed by atoms with E-state index in [0.29, 0.717) is 106 Å². The fourth-order valence-electron chi connectivity index (χ4n) is 4.41. The van der Waals surface area contributed by atoms with Crippen molar-refractivity contribution in [3.8, 4) is 0 Å². The maximum Gasteiger partial charge on any atom is 0.157 e. The molecule has 0 aromatic rings. The molecule has 0 bridgehead atoms. The second-order valence-electron chi connectivity index (χ2n) is 10.7. The molecule has 0 radical (unpaired) electrons. The van der Waals surface area contributed by atoms with E-state index in [4.69, 9.17) is 47.4 Å². The molecular weight excluding hydrogens is 556 g/mol. The zero-order valence-electron chi connectivity index (χ0n) is 27.6. The van der Waals surface area contributed by atoms with Crippen molar-refractivity contribution in [1.82, 2.24) is 0 Å². The van der Waals surface area contributed by atoms with Gasteiger partial charge in [-0.25, -0.2) is 0 Å². The number of unbranched alkanes of at least 4 members (excludes halogenated alkanes) is 9. The molecule has 1 rings (SSSR count). The van der Waals surface area contributed by atoms with Gasteiger partial charge in [0, 0.05) is 13.2 Å². The fraction of sp³-hybridized carbons (Fsp3) is 1.00. The number of rotatable bonds is 36. The van der Waals surface area contributed by atoms with Crippen LogP contribution in [0.3, 0.4) is 0 Å². The van der Waals surface area contributed by atoms with Crippen molar-refractivity contribution in [3.63, 3.8) is 0 Å². The summed E-state index contributed by atoms with van der Waals surface area (Å²) in [6, 6.07) is 0. The van der Waals surface area contributed by atoms with E-state index in [-0.39, 0.29) is 6.29 Å². The molecular formula is C33H66O10. The molecule has 0 saturated carbocycles. The zero-order valence-corrected chi connectivity index (χ0v) is 27.6. The Morgan fingerprint density at radius 3 is 1.12 bits per heavy atom. The van der Waals surface area contributed by atoms with Crippen LogP contribution in [0.5, 0.6) is 0 Å². The summed E-state index contributed by atoms with van der Waals surface area (Å²) in [7, 11) is 0. The Balaban J connectivity index is 1.60. The van der Waals surface area contributed by atoms with Crippen LogP contribution in [0.4, 0.5) is 0 Å². The smallest absolute Gasteiger partial charge is 0.157 e. The molecule has 1 heterocycles. The van der Waals surface area contributed by atoms with Crippen LogP contribution in [0.2, 0.25) is 0 Å². The average molecular weight is 623 g/mol. The van der Waals surface area contributed by atoms with Crippen molar-refractivity contribution in [2.45, 2.75) is 96.7 Å². The minimum Gasteiger partial charge on any atom is -0.379 e. The summed E-state index contributed by atoms with van der Waals surface area (Å²) < 4.78 is 55.3. The molecule has 1 fully saturated rings. The molecule has 0 N–H and O–H groups in total. The van der Waals surface area contributed by atoms with Crippen molar-refractivity contribution in [2.75, 3.05) is 119 Å². The van der Waals surface area contributed by atoms with Crippen LogP contribution in [0.15, 0.2) is 0 Å². The second-order valence-corrected chi connectivity index (χ2v) is 10.7. The molecule has 1 saturated heterocycles. The van der Waals surface area contributed by atoms with E-state index in [0.717, 1.165) is 32.5 Å². The summed E-state index contributed by atoms with van der Waals surface area (Å²) in [4.78, 5) is 0. The van der Waals surface area contributed by atoms with E-state index in [1.807, 2.05) is 0 Å². The maximum absolute atomic E-state index is 5.65. The first-order valence-electron chi connectivity index (χ1n) is 17.3. The molecule has 1 aliphatic rings. The van der Waals surface area contributed by atoms with Gasteiger partial charge in [0.15, 0.2) is 6.29 Å². The predicted molar refractivity (Wildman–Crippen MR) is 168 cm³/mol. The first-order valence-corrected chi connectivity index (χ1v) is 17.3. The van der Waals surface area contributed by atoms with Gasteiger partial charge in [0.2, 0.25) is 0 Å². The third kappa shape index (κ3) is 32.8. The maximum atomic E-state index is 5.65. The summed E-state index contributed by atoms with van der Waals surface area (Å²) >= 11 is 0. The largest absolute Gasteiger partial charge is 0.379 e. The summed E-state index contributed by atoms with van der Waals surface area (Å²) in [6.45, 7) is 12.8. The third-order valence-electron chi connectivity index (χ3n) is 6.92. The Hall–Kier alpha value is -0.400. The third-order valence-corrected chi connectivity index (χ3v) is 6.92. The van der Waals surface area contributed by atoms with Crippen LogP contribution in [0, 0.1) is 0 Å². The minimum atomic E-state index is -0.0576. The van der Waals surface area contributed by atoms with Crippen LogP contribution < -0.4 is 0 Å². The lowest BCUT2D eigenvalue weighted by Gasteiger charge is -2.22. The molecule has 258 valence electrons.